The van der Waals surface area contributed by atoms with Crippen LogP contribution in [0.4, 0.5) is 5.69 Å². The Balaban J connectivity index is 2.23. The lowest BCUT2D eigenvalue weighted by Gasteiger charge is -2.10. The highest BCUT2D eigenvalue weighted by Crippen LogP contribution is 2.21. The molecule has 0 aromatic heterocycles. The number of carbonyl (C=O) groups excluding carboxylic acids is 1. The Bertz CT molecular complexity index is 607. The molecule has 3 heteroatoms. The molecule has 0 aliphatic rings. The molecule has 98 valence electrons. The molecule has 0 fully saturated rings. The van der Waals surface area contributed by atoms with Crippen molar-refractivity contribution in [3.8, 4) is 0 Å². The minimum atomic E-state index is -0.0563. The third kappa shape index (κ3) is 3.24. The van der Waals surface area contributed by atoms with Crippen molar-refractivity contribution in [2.75, 3.05) is 5.32 Å². The molecule has 0 saturated carbocycles. The van der Waals surface area contributed by atoms with Crippen LogP contribution in [-0.4, -0.2) is 5.91 Å². The van der Waals surface area contributed by atoms with E-state index in [4.69, 9.17) is 0 Å². The molecule has 2 aromatic rings. The second-order valence-corrected chi connectivity index (χ2v) is 5.28. The molecule has 0 radical (unpaired) electrons. The number of hydrogen-bond donors (Lipinski definition) is 1. The third-order valence-electron chi connectivity index (χ3n) is 3.06. The molecular formula is C16H16BrNO. The number of rotatable bonds is 3. The molecule has 0 spiro atoms. The Labute approximate surface area is 122 Å². The van der Waals surface area contributed by atoms with Crippen LogP contribution in [0.1, 0.15) is 28.4 Å². The Morgan fingerprint density at radius 3 is 2.63 bits per heavy atom. The van der Waals surface area contributed by atoms with Gasteiger partial charge in [0.25, 0.3) is 5.91 Å². The molecular weight excluding hydrogens is 302 g/mol. The van der Waals surface area contributed by atoms with Gasteiger partial charge in [0.05, 0.1) is 0 Å². The molecule has 0 bridgehead atoms. The van der Waals surface area contributed by atoms with Gasteiger partial charge in [0.2, 0.25) is 0 Å². The van der Waals surface area contributed by atoms with Crippen LogP contribution in [0.5, 0.6) is 0 Å². The summed E-state index contributed by atoms with van der Waals surface area (Å²) in [5.41, 5.74) is 3.72. The van der Waals surface area contributed by atoms with Crippen molar-refractivity contribution in [2.24, 2.45) is 0 Å². The number of anilines is 1. The van der Waals surface area contributed by atoms with Crippen LogP contribution in [-0.2, 0) is 6.42 Å². The minimum absolute atomic E-state index is 0.0563. The molecule has 0 heterocycles. The summed E-state index contributed by atoms with van der Waals surface area (Å²) in [6, 6.07) is 13.5. The first-order valence-corrected chi connectivity index (χ1v) is 7.06. The Morgan fingerprint density at radius 2 is 1.95 bits per heavy atom. The second-order valence-electron chi connectivity index (χ2n) is 4.43. The summed E-state index contributed by atoms with van der Waals surface area (Å²) in [4.78, 5) is 12.3. The molecule has 2 rings (SSSR count). The van der Waals surface area contributed by atoms with Crippen LogP contribution in [0, 0.1) is 6.92 Å². The van der Waals surface area contributed by atoms with Crippen molar-refractivity contribution in [2.45, 2.75) is 20.3 Å². The first-order chi connectivity index (χ1) is 9.11. The summed E-state index contributed by atoms with van der Waals surface area (Å²) in [5, 5.41) is 2.94. The summed E-state index contributed by atoms with van der Waals surface area (Å²) in [7, 11) is 0. The van der Waals surface area contributed by atoms with Crippen LogP contribution in [0.15, 0.2) is 46.9 Å². The molecule has 0 aliphatic heterocycles. The van der Waals surface area contributed by atoms with Gasteiger partial charge in [-0.2, -0.15) is 0 Å². The van der Waals surface area contributed by atoms with Crippen molar-refractivity contribution in [3.05, 3.63) is 63.6 Å². The van der Waals surface area contributed by atoms with E-state index in [0.29, 0.717) is 0 Å². The second kappa shape index (κ2) is 6.02. The summed E-state index contributed by atoms with van der Waals surface area (Å²) >= 11 is 3.45. The first kappa shape index (κ1) is 13.8. The Morgan fingerprint density at radius 1 is 1.21 bits per heavy atom. The highest BCUT2D eigenvalue weighted by atomic mass is 79.9. The zero-order valence-corrected chi connectivity index (χ0v) is 12.6. The SMILES string of the molecule is CCc1ccccc1C(=O)Nc1ccc(Br)c(C)c1. The van der Waals surface area contributed by atoms with Gasteiger partial charge < -0.3 is 5.32 Å². The molecule has 1 amide bonds. The van der Waals surface area contributed by atoms with E-state index in [1.165, 1.54) is 0 Å². The molecule has 0 unspecified atom stereocenters. The number of hydrogen-bond acceptors (Lipinski definition) is 1. The maximum atomic E-state index is 12.3. The third-order valence-corrected chi connectivity index (χ3v) is 3.95. The van der Waals surface area contributed by atoms with Crippen LogP contribution in [0.3, 0.4) is 0 Å². The number of nitrogens with one attached hydrogen (secondary N) is 1. The molecule has 0 aliphatic carbocycles. The predicted octanol–water partition coefficient (Wildman–Crippen LogP) is 4.57. The molecule has 1 N–H and O–H groups in total. The minimum Gasteiger partial charge on any atom is -0.322 e. The fourth-order valence-electron chi connectivity index (χ4n) is 1.97. The van der Waals surface area contributed by atoms with Crippen LogP contribution in [0.2, 0.25) is 0 Å². The van der Waals surface area contributed by atoms with E-state index in [0.717, 1.165) is 33.3 Å². The lowest BCUT2D eigenvalue weighted by molar-refractivity contribution is 0.102. The van der Waals surface area contributed by atoms with Crippen molar-refractivity contribution in [3.63, 3.8) is 0 Å². The van der Waals surface area contributed by atoms with Crippen molar-refractivity contribution in [1.82, 2.24) is 0 Å². The summed E-state index contributed by atoms with van der Waals surface area (Å²) < 4.78 is 1.04. The van der Waals surface area contributed by atoms with Gasteiger partial charge in [-0.1, -0.05) is 41.1 Å². The monoisotopic (exact) mass is 317 g/mol. The van der Waals surface area contributed by atoms with Gasteiger partial charge in [0.15, 0.2) is 0 Å². The average Bonchev–Trinajstić information content (AvgIpc) is 2.43. The van der Waals surface area contributed by atoms with Gasteiger partial charge in [0, 0.05) is 15.7 Å². The highest BCUT2D eigenvalue weighted by Gasteiger charge is 2.10. The maximum Gasteiger partial charge on any atom is 0.255 e. The average molecular weight is 318 g/mol. The van der Waals surface area contributed by atoms with Gasteiger partial charge in [-0.05, 0) is 48.7 Å². The number of amides is 1. The van der Waals surface area contributed by atoms with E-state index in [-0.39, 0.29) is 5.91 Å². The van der Waals surface area contributed by atoms with E-state index >= 15 is 0 Å². The van der Waals surface area contributed by atoms with Crippen molar-refractivity contribution < 1.29 is 4.79 Å². The van der Waals surface area contributed by atoms with E-state index in [1.54, 1.807) is 0 Å². The standard InChI is InChI=1S/C16H16BrNO/c1-3-12-6-4-5-7-14(12)16(19)18-13-8-9-15(17)11(2)10-13/h4-10H,3H2,1-2H3,(H,18,19). The number of benzene rings is 2. The Kier molecular flexibility index (Phi) is 4.38. The van der Waals surface area contributed by atoms with Gasteiger partial charge >= 0.3 is 0 Å². The largest absolute Gasteiger partial charge is 0.322 e. The first-order valence-electron chi connectivity index (χ1n) is 6.27. The number of halogens is 1. The highest BCUT2D eigenvalue weighted by molar-refractivity contribution is 9.10. The quantitative estimate of drug-likeness (QED) is 0.882. The summed E-state index contributed by atoms with van der Waals surface area (Å²) in [6.07, 6.45) is 0.850. The normalized spacial score (nSPS) is 10.3. The zero-order chi connectivity index (χ0) is 13.8. The number of carbonyl (C=O) groups is 1. The van der Waals surface area contributed by atoms with Crippen LogP contribution < -0.4 is 5.32 Å². The maximum absolute atomic E-state index is 12.3. The topological polar surface area (TPSA) is 29.1 Å². The van der Waals surface area contributed by atoms with Gasteiger partial charge in [-0.15, -0.1) is 0 Å². The van der Waals surface area contributed by atoms with E-state index in [9.17, 15) is 4.79 Å². The lowest BCUT2D eigenvalue weighted by atomic mass is 10.0. The Hall–Kier alpha value is -1.61. The van der Waals surface area contributed by atoms with E-state index in [2.05, 4.69) is 28.2 Å². The van der Waals surface area contributed by atoms with Crippen LogP contribution >= 0.6 is 15.9 Å². The van der Waals surface area contributed by atoms with Crippen molar-refractivity contribution >= 4 is 27.5 Å². The zero-order valence-electron chi connectivity index (χ0n) is 11.0. The van der Waals surface area contributed by atoms with Gasteiger partial charge in [-0.25, -0.2) is 0 Å². The predicted molar refractivity (Wildman–Crippen MR) is 82.7 cm³/mol. The number of aryl methyl sites for hydroxylation is 2. The van der Waals surface area contributed by atoms with E-state index < -0.39 is 0 Å². The van der Waals surface area contributed by atoms with Gasteiger partial charge in [0.1, 0.15) is 0 Å². The summed E-state index contributed by atoms with van der Waals surface area (Å²) in [5.74, 6) is -0.0563. The molecule has 0 saturated heterocycles. The smallest absolute Gasteiger partial charge is 0.255 e. The van der Waals surface area contributed by atoms with E-state index in [1.807, 2.05) is 49.4 Å². The molecule has 19 heavy (non-hydrogen) atoms. The fourth-order valence-corrected chi connectivity index (χ4v) is 2.22. The lowest BCUT2D eigenvalue weighted by Crippen LogP contribution is -2.14. The summed E-state index contributed by atoms with van der Waals surface area (Å²) in [6.45, 7) is 4.05. The fraction of sp³-hybridized carbons (Fsp3) is 0.188. The van der Waals surface area contributed by atoms with Crippen molar-refractivity contribution in [1.29, 1.82) is 0 Å². The van der Waals surface area contributed by atoms with Crippen LogP contribution in [0.25, 0.3) is 0 Å². The molecule has 2 aromatic carbocycles. The van der Waals surface area contributed by atoms with Gasteiger partial charge in [-0.3, -0.25) is 4.79 Å². The molecule has 2 nitrogen and oxygen atoms in total. The molecule has 0 atom stereocenters.